The van der Waals surface area contributed by atoms with E-state index in [1.165, 1.54) is 13.3 Å². The molecule has 4 rings (SSSR count). The van der Waals surface area contributed by atoms with E-state index in [2.05, 4.69) is 20.1 Å². The van der Waals surface area contributed by atoms with Crippen LogP contribution in [0.15, 0.2) is 53.5 Å². The first kappa shape index (κ1) is 18.5. The number of fused-ring (bicyclic) bond motifs is 3. The lowest BCUT2D eigenvalue weighted by Crippen LogP contribution is -2.23. The molecule has 0 fully saturated rings. The smallest absolute Gasteiger partial charge is 0.277 e. The van der Waals surface area contributed by atoms with E-state index in [1.54, 1.807) is 30.3 Å². The van der Waals surface area contributed by atoms with E-state index in [1.807, 2.05) is 5.48 Å². The van der Waals surface area contributed by atoms with Gasteiger partial charge < -0.3 is 10.3 Å². The molecule has 4 aromatic rings. The molecule has 0 atom stereocenters. The van der Waals surface area contributed by atoms with Gasteiger partial charge in [0.05, 0.1) is 24.0 Å². The highest BCUT2D eigenvalue weighted by atomic mass is 19.1. The molecule has 0 unspecified atom stereocenters. The number of amides is 1. The van der Waals surface area contributed by atoms with Gasteiger partial charge in [0.1, 0.15) is 17.3 Å². The second-order valence-electron chi connectivity index (χ2n) is 6.15. The third-order valence-corrected chi connectivity index (χ3v) is 4.39. The quantitative estimate of drug-likeness (QED) is 0.363. The van der Waals surface area contributed by atoms with Gasteiger partial charge in [-0.15, -0.1) is 0 Å². The number of hydroxylamine groups is 1. The Morgan fingerprint density at radius 1 is 1.07 bits per heavy atom. The molecular formula is C20H14F2N4O3. The largest absolute Gasteiger partial charge is 0.352 e. The summed E-state index contributed by atoms with van der Waals surface area (Å²) in [6.45, 7) is 0. The van der Waals surface area contributed by atoms with Gasteiger partial charge in [-0.2, -0.15) is 0 Å². The van der Waals surface area contributed by atoms with Crippen LogP contribution in [0.4, 0.5) is 20.2 Å². The van der Waals surface area contributed by atoms with E-state index in [-0.39, 0.29) is 11.2 Å². The van der Waals surface area contributed by atoms with Gasteiger partial charge in [0, 0.05) is 28.4 Å². The molecule has 0 aliphatic carbocycles. The molecule has 0 bridgehead atoms. The summed E-state index contributed by atoms with van der Waals surface area (Å²) >= 11 is 0. The second kappa shape index (κ2) is 7.28. The van der Waals surface area contributed by atoms with Crippen molar-refractivity contribution in [2.45, 2.75) is 0 Å². The van der Waals surface area contributed by atoms with Gasteiger partial charge in [-0.25, -0.2) is 19.2 Å². The predicted molar refractivity (Wildman–Crippen MR) is 104 cm³/mol. The summed E-state index contributed by atoms with van der Waals surface area (Å²) in [7, 11) is 1.20. The van der Waals surface area contributed by atoms with Crippen molar-refractivity contribution in [3.63, 3.8) is 0 Å². The lowest BCUT2D eigenvalue weighted by molar-refractivity contribution is 0.0533. The van der Waals surface area contributed by atoms with Crippen molar-refractivity contribution in [1.29, 1.82) is 0 Å². The molecule has 0 aliphatic rings. The van der Waals surface area contributed by atoms with Gasteiger partial charge >= 0.3 is 0 Å². The Bertz CT molecular complexity index is 1320. The molecule has 0 radical (unpaired) electrons. The average Bonchev–Trinajstić information content (AvgIpc) is 2.70. The molecule has 0 aliphatic heterocycles. The van der Waals surface area contributed by atoms with Crippen molar-refractivity contribution in [1.82, 2.24) is 15.4 Å². The number of halogens is 2. The summed E-state index contributed by atoms with van der Waals surface area (Å²) < 4.78 is 28.4. The first-order valence-electron chi connectivity index (χ1n) is 8.48. The third-order valence-electron chi connectivity index (χ3n) is 4.39. The van der Waals surface area contributed by atoms with E-state index in [9.17, 15) is 18.4 Å². The normalized spacial score (nSPS) is 11.0. The highest BCUT2D eigenvalue weighted by molar-refractivity contribution is 6.11. The lowest BCUT2D eigenvalue weighted by Gasteiger charge is -2.13. The van der Waals surface area contributed by atoms with Crippen LogP contribution in [0.1, 0.15) is 10.4 Å². The van der Waals surface area contributed by atoms with Gasteiger partial charge in [-0.3, -0.25) is 14.4 Å². The number of nitrogens with zero attached hydrogens (tertiary/aromatic N) is 1. The van der Waals surface area contributed by atoms with Gasteiger partial charge in [-0.05, 0) is 18.2 Å². The molecule has 29 heavy (non-hydrogen) atoms. The van der Waals surface area contributed by atoms with Crippen LogP contribution < -0.4 is 16.4 Å². The van der Waals surface area contributed by atoms with Crippen molar-refractivity contribution in [3.8, 4) is 0 Å². The molecule has 9 heteroatoms. The Hall–Kier alpha value is -3.85. The van der Waals surface area contributed by atoms with E-state index >= 15 is 0 Å². The highest BCUT2D eigenvalue weighted by Gasteiger charge is 2.17. The Balaban J connectivity index is 1.89. The number of aromatic nitrogens is 2. The number of H-pyrrole nitrogens is 1. The average molecular weight is 396 g/mol. The molecule has 0 saturated carbocycles. The summed E-state index contributed by atoms with van der Waals surface area (Å²) in [5, 5.41) is 4.47. The molecule has 2 heterocycles. The van der Waals surface area contributed by atoms with E-state index < -0.39 is 23.1 Å². The number of pyridine rings is 2. The summed E-state index contributed by atoms with van der Waals surface area (Å²) in [6.07, 6.45) is 1.44. The fraction of sp³-hybridized carbons (Fsp3) is 0.0500. The van der Waals surface area contributed by atoms with Gasteiger partial charge in [0.15, 0.2) is 0 Å². The number of carbonyl (C=O) groups is 1. The zero-order valence-corrected chi connectivity index (χ0v) is 15.0. The molecule has 7 nitrogen and oxygen atoms in total. The van der Waals surface area contributed by atoms with Crippen LogP contribution >= 0.6 is 0 Å². The van der Waals surface area contributed by atoms with Crippen molar-refractivity contribution >= 4 is 39.1 Å². The second-order valence-corrected chi connectivity index (χ2v) is 6.15. The fourth-order valence-corrected chi connectivity index (χ4v) is 3.12. The number of hydrogen-bond acceptors (Lipinski definition) is 5. The van der Waals surface area contributed by atoms with Crippen molar-refractivity contribution in [3.05, 3.63) is 76.2 Å². The molecule has 146 valence electrons. The minimum absolute atomic E-state index is 0.129. The number of aromatic amines is 1. The Kier molecular flexibility index (Phi) is 4.65. The lowest BCUT2D eigenvalue weighted by atomic mass is 10.1. The SMILES string of the molecule is CONC(=O)c1cc(Nc2ccnc3[nH]c(=O)c4ccccc4c23)c(F)cc1F. The standard InChI is InChI=1S/C20H14F2N4O3/c1-29-26-20(28)12-8-16(14(22)9-13(12)21)24-15-6-7-23-18-17(15)10-4-2-3-5-11(10)19(27)25-18/h2-9H,1H3,(H,26,28)(H2,23,24,25,27). The number of nitrogens with one attached hydrogen (secondary N) is 3. The summed E-state index contributed by atoms with van der Waals surface area (Å²) in [4.78, 5) is 35.5. The monoisotopic (exact) mass is 396 g/mol. The maximum absolute atomic E-state index is 14.4. The fourth-order valence-electron chi connectivity index (χ4n) is 3.12. The Morgan fingerprint density at radius 3 is 2.59 bits per heavy atom. The van der Waals surface area contributed by atoms with Crippen LogP contribution in [0.5, 0.6) is 0 Å². The third kappa shape index (κ3) is 3.27. The first-order chi connectivity index (χ1) is 14.0. The van der Waals surface area contributed by atoms with Crippen LogP contribution in [-0.2, 0) is 4.84 Å². The minimum Gasteiger partial charge on any atom is -0.352 e. The van der Waals surface area contributed by atoms with Crippen LogP contribution in [0.25, 0.3) is 21.8 Å². The molecule has 2 aromatic heterocycles. The van der Waals surface area contributed by atoms with Crippen molar-refractivity contribution in [2.24, 2.45) is 0 Å². The summed E-state index contributed by atoms with van der Waals surface area (Å²) in [5.74, 6) is -2.78. The van der Waals surface area contributed by atoms with Gasteiger partial charge in [0.25, 0.3) is 11.5 Å². The number of hydrogen-bond donors (Lipinski definition) is 3. The molecule has 0 spiro atoms. The molecular weight excluding hydrogens is 382 g/mol. The number of benzene rings is 2. The number of rotatable bonds is 4. The highest BCUT2D eigenvalue weighted by Crippen LogP contribution is 2.31. The maximum atomic E-state index is 14.4. The van der Waals surface area contributed by atoms with Crippen LogP contribution in [0.2, 0.25) is 0 Å². The van der Waals surface area contributed by atoms with E-state index in [0.717, 1.165) is 6.07 Å². The van der Waals surface area contributed by atoms with Crippen molar-refractivity contribution in [2.75, 3.05) is 12.4 Å². The van der Waals surface area contributed by atoms with Crippen LogP contribution in [-0.4, -0.2) is 23.0 Å². The molecule has 1 amide bonds. The predicted octanol–water partition coefficient (Wildman–Crippen LogP) is 3.39. The maximum Gasteiger partial charge on any atom is 0.277 e. The van der Waals surface area contributed by atoms with Crippen LogP contribution in [0, 0.1) is 11.6 Å². The molecule has 0 saturated heterocycles. The zero-order chi connectivity index (χ0) is 20.5. The first-order valence-corrected chi connectivity index (χ1v) is 8.48. The Morgan fingerprint density at radius 2 is 1.83 bits per heavy atom. The Labute approximate surface area is 162 Å². The molecule has 2 aromatic carbocycles. The molecule has 3 N–H and O–H groups in total. The van der Waals surface area contributed by atoms with Crippen molar-refractivity contribution < 1.29 is 18.4 Å². The minimum atomic E-state index is -1.03. The summed E-state index contributed by atoms with van der Waals surface area (Å²) in [6, 6.07) is 10.1. The van der Waals surface area contributed by atoms with E-state index in [0.29, 0.717) is 33.6 Å². The van der Waals surface area contributed by atoms with Gasteiger partial charge in [0.2, 0.25) is 0 Å². The van der Waals surface area contributed by atoms with E-state index in [4.69, 9.17) is 0 Å². The van der Waals surface area contributed by atoms with Gasteiger partial charge in [-0.1, -0.05) is 18.2 Å². The summed E-state index contributed by atoms with van der Waals surface area (Å²) in [5.41, 5.74) is 1.89. The topological polar surface area (TPSA) is 96.1 Å². The zero-order valence-electron chi connectivity index (χ0n) is 15.0. The van der Waals surface area contributed by atoms with Crippen LogP contribution in [0.3, 0.4) is 0 Å². The number of anilines is 2. The number of carbonyl (C=O) groups excluding carboxylic acids is 1.